The molecule has 3 amide bonds. The molecule has 0 spiro atoms. The average Bonchev–Trinajstić information content (AvgIpc) is 3.28. The van der Waals surface area contributed by atoms with Crippen LogP contribution in [0.5, 0.6) is 0 Å². The summed E-state index contributed by atoms with van der Waals surface area (Å²) in [6.45, 7) is 1.05. The first-order valence-electron chi connectivity index (χ1n) is 9.57. The Balaban J connectivity index is 1.42. The van der Waals surface area contributed by atoms with Crippen LogP contribution in [0, 0.1) is 11.7 Å². The lowest BCUT2D eigenvalue weighted by molar-refractivity contribution is -0.136. The molecule has 3 N–H and O–H groups in total. The number of anilines is 1. The number of amides is 3. The number of primary amides is 1. The average molecular weight is 416 g/mol. The lowest BCUT2D eigenvalue weighted by Gasteiger charge is -2.32. The van der Waals surface area contributed by atoms with E-state index in [0.29, 0.717) is 43.0 Å². The zero-order valence-electron chi connectivity index (χ0n) is 15.7. The van der Waals surface area contributed by atoms with Gasteiger partial charge in [-0.1, -0.05) is 0 Å². The molecule has 29 heavy (non-hydrogen) atoms. The summed E-state index contributed by atoms with van der Waals surface area (Å²) < 4.78 is 13.0. The molecule has 7 nitrogen and oxygen atoms in total. The monoisotopic (exact) mass is 416 g/mol. The summed E-state index contributed by atoms with van der Waals surface area (Å²) in [6, 6.07) is 5.28. The van der Waals surface area contributed by atoms with Crippen molar-refractivity contribution in [1.82, 2.24) is 9.88 Å². The number of hydrogen-bond donors (Lipinski definition) is 2. The number of rotatable bonds is 4. The fourth-order valence-corrected chi connectivity index (χ4v) is 4.93. The standard InChI is InChI=1S/C20H21FN4O3S/c21-13-3-1-12(2-4-13)18(27)24-20-23-16-14(5-6-15(16)29-20)19(28)25-9-7-11(8-10-25)17(22)26/h1-4,11,14H,5-10H2,(H2,22,26)(H,23,24,27). The van der Waals surface area contributed by atoms with Gasteiger partial charge in [0.15, 0.2) is 5.13 Å². The predicted molar refractivity (Wildman–Crippen MR) is 106 cm³/mol. The van der Waals surface area contributed by atoms with E-state index in [2.05, 4.69) is 10.3 Å². The van der Waals surface area contributed by atoms with Crippen LogP contribution in [0.2, 0.25) is 0 Å². The smallest absolute Gasteiger partial charge is 0.257 e. The summed E-state index contributed by atoms with van der Waals surface area (Å²) in [6.07, 6.45) is 2.63. The molecule has 0 saturated carbocycles. The van der Waals surface area contributed by atoms with E-state index in [1.807, 2.05) is 0 Å². The van der Waals surface area contributed by atoms with Crippen molar-refractivity contribution in [3.8, 4) is 0 Å². The number of aromatic nitrogens is 1. The van der Waals surface area contributed by atoms with Crippen LogP contribution in [-0.2, 0) is 16.0 Å². The Morgan fingerprint density at radius 3 is 2.48 bits per heavy atom. The fourth-order valence-electron chi connectivity index (χ4n) is 3.90. The number of piperidine rings is 1. The first-order chi connectivity index (χ1) is 13.9. The Bertz CT molecular complexity index is 951. The van der Waals surface area contributed by atoms with Gasteiger partial charge in [0.1, 0.15) is 5.82 Å². The number of likely N-dealkylation sites (tertiary alicyclic amines) is 1. The molecule has 1 unspecified atom stereocenters. The highest BCUT2D eigenvalue weighted by Gasteiger charge is 2.37. The number of nitrogens with two attached hydrogens (primary N) is 1. The van der Waals surface area contributed by atoms with Gasteiger partial charge in [0.2, 0.25) is 11.8 Å². The second-order valence-corrected chi connectivity index (χ2v) is 8.47. The number of hydrogen-bond acceptors (Lipinski definition) is 5. The Morgan fingerprint density at radius 1 is 1.14 bits per heavy atom. The fraction of sp³-hybridized carbons (Fsp3) is 0.400. The third-order valence-electron chi connectivity index (χ3n) is 5.55. The van der Waals surface area contributed by atoms with E-state index < -0.39 is 5.82 Å². The van der Waals surface area contributed by atoms with E-state index in [0.717, 1.165) is 17.0 Å². The zero-order valence-corrected chi connectivity index (χ0v) is 16.5. The third kappa shape index (κ3) is 4.00. The largest absolute Gasteiger partial charge is 0.369 e. The third-order valence-corrected chi connectivity index (χ3v) is 6.60. The molecule has 4 rings (SSSR count). The van der Waals surface area contributed by atoms with Gasteiger partial charge < -0.3 is 10.6 Å². The number of halogens is 1. The summed E-state index contributed by atoms with van der Waals surface area (Å²) in [5, 5.41) is 3.17. The van der Waals surface area contributed by atoms with Crippen LogP contribution in [0.15, 0.2) is 24.3 Å². The maximum atomic E-state index is 13.0. The molecule has 2 aliphatic rings. The molecule has 1 aliphatic heterocycles. The maximum absolute atomic E-state index is 13.0. The van der Waals surface area contributed by atoms with E-state index in [1.165, 1.54) is 35.6 Å². The second kappa shape index (κ2) is 7.90. The van der Waals surface area contributed by atoms with Crippen LogP contribution < -0.4 is 11.1 Å². The lowest BCUT2D eigenvalue weighted by Crippen LogP contribution is -2.43. The highest BCUT2D eigenvalue weighted by molar-refractivity contribution is 7.16. The molecule has 1 aromatic carbocycles. The van der Waals surface area contributed by atoms with Crippen molar-refractivity contribution in [1.29, 1.82) is 0 Å². The molecule has 152 valence electrons. The zero-order chi connectivity index (χ0) is 20.5. The summed E-state index contributed by atoms with van der Waals surface area (Å²) in [4.78, 5) is 43.9. The topological polar surface area (TPSA) is 105 Å². The molecule has 1 aromatic heterocycles. The van der Waals surface area contributed by atoms with Crippen molar-refractivity contribution in [2.24, 2.45) is 11.7 Å². The van der Waals surface area contributed by atoms with Crippen molar-refractivity contribution in [3.63, 3.8) is 0 Å². The Labute approximate surface area is 171 Å². The van der Waals surface area contributed by atoms with Gasteiger partial charge in [-0.2, -0.15) is 0 Å². The molecule has 1 fully saturated rings. The van der Waals surface area contributed by atoms with E-state index >= 15 is 0 Å². The summed E-state index contributed by atoms with van der Waals surface area (Å²) in [7, 11) is 0. The Kier molecular flexibility index (Phi) is 5.31. The van der Waals surface area contributed by atoms with Gasteiger partial charge in [-0.3, -0.25) is 19.7 Å². The quantitative estimate of drug-likeness (QED) is 0.798. The van der Waals surface area contributed by atoms with E-state index in [-0.39, 0.29) is 29.6 Å². The molecule has 2 aromatic rings. The van der Waals surface area contributed by atoms with Gasteiger partial charge in [0.05, 0.1) is 11.6 Å². The molecule has 0 bridgehead atoms. The van der Waals surface area contributed by atoms with Crippen LogP contribution in [0.4, 0.5) is 9.52 Å². The molecule has 0 radical (unpaired) electrons. The van der Waals surface area contributed by atoms with Crippen molar-refractivity contribution >= 4 is 34.2 Å². The van der Waals surface area contributed by atoms with E-state index in [4.69, 9.17) is 5.73 Å². The summed E-state index contributed by atoms with van der Waals surface area (Å²) >= 11 is 1.37. The van der Waals surface area contributed by atoms with E-state index in [1.54, 1.807) is 4.90 Å². The molecule has 9 heteroatoms. The number of carbonyl (C=O) groups excluding carboxylic acids is 3. The van der Waals surface area contributed by atoms with Crippen LogP contribution in [0.25, 0.3) is 0 Å². The van der Waals surface area contributed by atoms with Gasteiger partial charge in [-0.15, -0.1) is 11.3 Å². The minimum Gasteiger partial charge on any atom is -0.369 e. The number of fused-ring (bicyclic) bond motifs is 1. The lowest BCUT2D eigenvalue weighted by atomic mass is 9.95. The van der Waals surface area contributed by atoms with Crippen molar-refractivity contribution < 1.29 is 18.8 Å². The molecule has 1 atom stereocenters. The number of nitrogens with zero attached hydrogens (tertiary/aromatic N) is 2. The van der Waals surface area contributed by atoms with E-state index in [9.17, 15) is 18.8 Å². The normalized spacial score (nSPS) is 19.1. The van der Waals surface area contributed by atoms with Gasteiger partial charge in [-0.05, 0) is 49.9 Å². The minimum absolute atomic E-state index is 0.0216. The molecule has 2 heterocycles. The van der Waals surface area contributed by atoms with Crippen LogP contribution in [-0.4, -0.2) is 40.7 Å². The van der Waals surface area contributed by atoms with Crippen LogP contribution in [0.3, 0.4) is 0 Å². The minimum atomic E-state index is -0.406. The van der Waals surface area contributed by atoms with Crippen LogP contribution >= 0.6 is 11.3 Å². The van der Waals surface area contributed by atoms with Gasteiger partial charge in [-0.25, -0.2) is 9.37 Å². The Morgan fingerprint density at radius 2 is 1.83 bits per heavy atom. The maximum Gasteiger partial charge on any atom is 0.257 e. The SMILES string of the molecule is NC(=O)C1CCN(C(=O)C2CCc3sc(NC(=O)c4ccc(F)cc4)nc32)CC1. The number of nitrogens with one attached hydrogen (secondary N) is 1. The van der Waals surface area contributed by atoms with Crippen molar-refractivity contribution in [2.45, 2.75) is 31.6 Å². The van der Waals surface area contributed by atoms with Gasteiger partial charge in [0.25, 0.3) is 5.91 Å². The first kappa shape index (κ1) is 19.5. The number of carbonyl (C=O) groups is 3. The molecular weight excluding hydrogens is 395 g/mol. The summed E-state index contributed by atoms with van der Waals surface area (Å²) in [5.41, 5.74) is 6.43. The number of benzene rings is 1. The Hall–Kier alpha value is -2.81. The molecule has 1 saturated heterocycles. The second-order valence-electron chi connectivity index (χ2n) is 7.38. The van der Waals surface area contributed by atoms with Crippen molar-refractivity contribution in [3.05, 3.63) is 46.2 Å². The van der Waals surface area contributed by atoms with Gasteiger partial charge >= 0.3 is 0 Å². The predicted octanol–water partition coefficient (Wildman–Crippen LogP) is 2.29. The number of aryl methyl sites for hydroxylation is 1. The highest BCUT2D eigenvalue weighted by atomic mass is 32.1. The first-order valence-corrected chi connectivity index (χ1v) is 10.4. The van der Waals surface area contributed by atoms with Gasteiger partial charge in [0, 0.05) is 29.4 Å². The summed E-state index contributed by atoms with van der Waals surface area (Å²) in [5.74, 6) is -1.53. The number of thiazole rings is 1. The van der Waals surface area contributed by atoms with Crippen molar-refractivity contribution in [2.75, 3.05) is 18.4 Å². The van der Waals surface area contributed by atoms with Crippen LogP contribution in [0.1, 0.15) is 46.1 Å². The molecule has 1 aliphatic carbocycles. The highest BCUT2D eigenvalue weighted by Crippen LogP contribution is 2.39. The molecular formula is C20H21FN4O3S.